The maximum absolute atomic E-state index is 12.3. The number of para-hydroxylation sites is 1. The van der Waals surface area contributed by atoms with Crippen LogP contribution >= 0.6 is 15.9 Å². The van der Waals surface area contributed by atoms with Crippen LogP contribution in [0.5, 0.6) is 0 Å². The van der Waals surface area contributed by atoms with E-state index in [1.54, 1.807) is 6.20 Å². The van der Waals surface area contributed by atoms with Crippen molar-refractivity contribution in [3.05, 3.63) is 34.9 Å². The molecule has 2 atom stereocenters. The maximum atomic E-state index is 12.3. The van der Waals surface area contributed by atoms with Crippen LogP contribution < -0.4 is 5.32 Å². The second-order valence-electron chi connectivity index (χ2n) is 4.99. The van der Waals surface area contributed by atoms with Gasteiger partial charge >= 0.3 is 0 Å². The molecule has 2 aromatic rings. The Morgan fingerprint density at radius 2 is 2.35 bits per heavy atom. The average molecular weight is 335 g/mol. The van der Waals surface area contributed by atoms with E-state index >= 15 is 0 Å². The van der Waals surface area contributed by atoms with Gasteiger partial charge < -0.3 is 10.1 Å². The first-order valence-electron chi connectivity index (χ1n) is 6.62. The lowest BCUT2D eigenvalue weighted by molar-refractivity contribution is -0.121. The summed E-state index contributed by atoms with van der Waals surface area (Å²) in [6.07, 6.45) is 2.49. The van der Waals surface area contributed by atoms with Crippen LogP contribution in [0, 0.1) is 5.92 Å². The van der Waals surface area contributed by atoms with Crippen molar-refractivity contribution in [2.75, 3.05) is 11.9 Å². The van der Waals surface area contributed by atoms with E-state index in [0.29, 0.717) is 6.61 Å². The summed E-state index contributed by atoms with van der Waals surface area (Å²) >= 11 is 3.40. The predicted molar refractivity (Wildman–Crippen MR) is 81.6 cm³/mol. The topological polar surface area (TPSA) is 51.2 Å². The maximum Gasteiger partial charge on any atom is 0.230 e. The first kappa shape index (κ1) is 13.5. The third-order valence-corrected chi connectivity index (χ3v) is 4.08. The Morgan fingerprint density at radius 3 is 3.10 bits per heavy atom. The van der Waals surface area contributed by atoms with Gasteiger partial charge in [0.1, 0.15) is 0 Å². The number of nitrogens with one attached hydrogen (secondary N) is 1. The van der Waals surface area contributed by atoms with E-state index < -0.39 is 0 Å². The number of carbonyl (C=O) groups excluding carboxylic acids is 1. The Kier molecular flexibility index (Phi) is 3.72. The SMILES string of the molecule is CC1OCCC1C(=O)Nc1cccc2cc(Br)cnc12. The summed E-state index contributed by atoms with van der Waals surface area (Å²) in [5, 5.41) is 3.97. The second kappa shape index (κ2) is 5.50. The molecule has 2 heterocycles. The van der Waals surface area contributed by atoms with Crippen molar-refractivity contribution >= 4 is 38.4 Å². The number of rotatable bonds is 2. The van der Waals surface area contributed by atoms with Gasteiger partial charge in [-0.05, 0) is 41.4 Å². The summed E-state index contributed by atoms with van der Waals surface area (Å²) in [7, 11) is 0. The molecule has 104 valence electrons. The number of anilines is 1. The van der Waals surface area contributed by atoms with Gasteiger partial charge in [0, 0.05) is 22.7 Å². The molecule has 3 rings (SSSR count). The quantitative estimate of drug-likeness (QED) is 0.916. The molecule has 20 heavy (non-hydrogen) atoms. The molecule has 1 fully saturated rings. The van der Waals surface area contributed by atoms with Crippen molar-refractivity contribution in [1.82, 2.24) is 4.98 Å². The Bertz CT molecular complexity index is 659. The third kappa shape index (κ3) is 2.55. The fourth-order valence-corrected chi connectivity index (χ4v) is 2.89. The number of carbonyl (C=O) groups is 1. The fraction of sp³-hybridized carbons (Fsp3) is 0.333. The predicted octanol–water partition coefficient (Wildman–Crippen LogP) is 3.36. The molecule has 1 amide bonds. The standard InChI is InChI=1S/C15H15BrN2O2/c1-9-12(5-6-20-9)15(19)18-13-4-2-3-10-7-11(16)8-17-14(10)13/h2-4,7-9,12H,5-6H2,1H3,(H,18,19). The normalized spacial score (nSPS) is 22.1. The summed E-state index contributed by atoms with van der Waals surface area (Å²) in [5.74, 6) is -0.0760. The molecule has 5 heteroatoms. The number of aromatic nitrogens is 1. The summed E-state index contributed by atoms with van der Waals surface area (Å²) in [5.41, 5.74) is 1.55. The van der Waals surface area contributed by atoms with Crippen LogP contribution in [-0.4, -0.2) is 23.6 Å². The highest BCUT2D eigenvalue weighted by Gasteiger charge is 2.30. The molecule has 0 radical (unpaired) electrons. The zero-order chi connectivity index (χ0) is 14.1. The monoisotopic (exact) mass is 334 g/mol. The molecule has 1 N–H and O–H groups in total. The van der Waals surface area contributed by atoms with Crippen molar-refractivity contribution in [3.63, 3.8) is 0 Å². The molecule has 1 aromatic heterocycles. The second-order valence-corrected chi connectivity index (χ2v) is 5.91. The molecule has 0 bridgehead atoms. The first-order valence-corrected chi connectivity index (χ1v) is 7.41. The van der Waals surface area contributed by atoms with E-state index in [4.69, 9.17) is 4.74 Å². The zero-order valence-corrected chi connectivity index (χ0v) is 12.7. The van der Waals surface area contributed by atoms with Crippen LogP contribution in [0.25, 0.3) is 10.9 Å². The molecule has 0 aliphatic carbocycles. The van der Waals surface area contributed by atoms with Gasteiger partial charge in [-0.3, -0.25) is 9.78 Å². The van der Waals surface area contributed by atoms with Crippen LogP contribution in [0.15, 0.2) is 34.9 Å². The highest BCUT2D eigenvalue weighted by Crippen LogP contribution is 2.26. The van der Waals surface area contributed by atoms with Crippen LogP contribution in [0.2, 0.25) is 0 Å². The lowest BCUT2D eigenvalue weighted by Crippen LogP contribution is -2.27. The minimum absolute atomic E-state index is 0.00668. The molecule has 0 spiro atoms. The van der Waals surface area contributed by atoms with Gasteiger partial charge in [-0.25, -0.2) is 0 Å². The van der Waals surface area contributed by atoms with Gasteiger partial charge in [0.25, 0.3) is 0 Å². The molecular weight excluding hydrogens is 320 g/mol. The lowest BCUT2D eigenvalue weighted by atomic mass is 10.0. The van der Waals surface area contributed by atoms with Crippen molar-refractivity contribution in [3.8, 4) is 0 Å². The first-order chi connectivity index (χ1) is 9.65. The van der Waals surface area contributed by atoms with Crippen LogP contribution in [0.4, 0.5) is 5.69 Å². The minimum Gasteiger partial charge on any atom is -0.378 e. The van der Waals surface area contributed by atoms with Crippen molar-refractivity contribution in [2.24, 2.45) is 5.92 Å². The van der Waals surface area contributed by atoms with E-state index in [-0.39, 0.29) is 17.9 Å². The number of nitrogens with zero attached hydrogens (tertiary/aromatic N) is 1. The summed E-state index contributed by atoms with van der Waals surface area (Å²) in [6.45, 7) is 2.59. The molecule has 1 aliphatic heterocycles. The molecule has 2 unspecified atom stereocenters. The number of fused-ring (bicyclic) bond motifs is 1. The minimum atomic E-state index is -0.0827. The molecule has 1 aliphatic rings. The van der Waals surface area contributed by atoms with Gasteiger partial charge in [0.15, 0.2) is 0 Å². The number of halogens is 1. The van der Waals surface area contributed by atoms with Gasteiger partial charge in [0.05, 0.1) is 23.2 Å². The summed E-state index contributed by atoms with van der Waals surface area (Å²) < 4.78 is 6.37. The number of hydrogen-bond donors (Lipinski definition) is 1. The Hall–Kier alpha value is -1.46. The summed E-state index contributed by atoms with van der Waals surface area (Å²) in [6, 6.07) is 7.76. The van der Waals surface area contributed by atoms with E-state index in [2.05, 4.69) is 26.2 Å². The van der Waals surface area contributed by atoms with Crippen molar-refractivity contribution in [1.29, 1.82) is 0 Å². The van der Waals surface area contributed by atoms with Crippen LogP contribution in [0.3, 0.4) is 0 Å². The van der Waals surface area contributed by atoms with Crippen molar-refractivity contribution in [2.45, 2.75) is 19.4 Å². The van der Waals surface area contributed by atoms with E-state index in [0.717, 1.165) is 27.5 Å². The smallest absolute Gasteiger partial charge is 0.230 e. The third-order valence-electron chi connectivity index (χ3n) is 3.65. The van der Waals surface area contributed by atoms with E-state index in [9.17, 15) is 4.79 Å². The Labute approximate surface area is 125 Å². The summed E-state index contributed by atoms with van der Waals surface area (Å²) in [4.78, 5) is 16.7. The molecule has 4 nitrogen and oxygen atoms in total. The van der Waals surface area contributed by atoms with Gasteiger partial charge in [0.2, 0.25) is 5.91 Å². The Morgan fingerprint density at radius 1 is 1.50 bits per heavy atom. The number of amides is 1. The Balaban J connectivity index is 1.89. The largest absolute Gasteiger partial charge is 0.378 e. The van der Waals surface area contributed by atoms with Gasteiger partial charge in [-0.1, -0.05) is 12.1 Å². The number of ether oxygens (including phenoxy) is 1. The lowest BCUT2D eigenvalue weighted by Gasteiger charge is -2.15. The zero-order valence-electron chi connectivity index (χ0n) is 11.1. The number of pyridine rings is 1. The molecule has 0 saturated carbocycles. The van der Waals surface area contributed by atoms with Gasteiger partial charge in [-0.2, -0.15) is 0 Å². The van der Waals surface area contributed by atoms with Crippen molar-refractivity contribution < 1.29 is 9.53 Å². The van der Waals surface area contributed by atoms with E-state index in [1.165, 1.54) is 0 Å². The highest BCUT2D eigenvalue weighted by molar-refractivity contribution is 9.10. The average Bonchev–Trinajstić information content (AvgIpc) is 2.85. The molecule has 1 aromatic carbocycles. The van der Waals surface area contributed by atoms with E-state index in [1.807, 2.05) is 31.2 Å². The molecule has 1 saturated heterocycles. The van der Waals surface area contributed by atoms with Crippen LogP contribution in [-0.2, 0) is 9.53 Å². The van der Waals surface area contributed by atoms with Crippen LogP contribution in [0.1, 0.15) is 13.3 Å². The molecular formula is C15H15BrN2O2. The fourth-order valence-electron chi connectivity index (χ4n) is 2.54. The number of benzene rings is 1. The van der Waals surface area contributed by atoms with Gasteiger partial charge in [-0.15, -0.1) is 0 Å². The number of hydrogen-bond acceptors (Lipinski definition) is 3. The highest BCUT2D eigenvalue weighted by atomic mass is 79.9.